The van der Waals surface area contributed by atoms with Crippen molar-refractivity contribution < 1.29 is 13.6 Å². The molecule has 4 aromatic rings. The summed E-state index contributed by atoms with van der Waals surface area (Å²) in [5.41, 5.74) is 2.99. The molecule has 1 aliphatic rings. The van der Waals surface area contributed by atoms with Crippen LogP contribution < -0.4 is 0 Å². The maximum Gasteiger partial charge on any atom is 0.289 e. The van der Waals surface area contributed by atoms with Crippen LogP contribution in [0.15, 0.2) is 80.8 Å². The molecule has 1 fully saturated rings. The number of amides is 1. The van der Waals surface area contributed by atoms with E-state index in [4.69, 9.17) is 8.83 Å². The lowest BCUT2D eigenvalue weighted by Crippen LogP contribution is -2.38. The maximum absolute atomic E-state index is 12.9. The fourth-order valence-electron chi connectivity index (χ4n) is 4.06. The molecule has 1 saturated heterocycles. The van der Waals surface area contributed by atoms with Crippen LogP contribution in [0.4, 0.5) is 0 Å². The van der Waals surface area contributed by atoms with Gasteiger partial charge in [0, 0.05) is 13.1 Å². The quantitative estimate of drug-likeness (QED) is 0.360. The SMILES string of the molecule is O=C(c1ccc(CSc2nc3ccccc3o2)o1)N1CCC(Cc2ccccc2)CC1. The first-order valence-corrected chi connectivity index (χ1v) is 11.6. The Balaban J connectivity index is 1.14. The Morgan fingerprint density at radius 3 is 2.55 bits per heavy atom. The van der Waals surface area contributed by atoms with Gasteiger partial charge in [-0.3, -0.25) is 4.79 Å². The summed E-state index contributed by atoms with van der Waals surface area (Å²) in [6.07, 6.45) is 3.14. The van der Waals surface area contributed by atoms with E-state index in [1.807, 2.05) is 41.3 Å². The Morgan fingerprint density at radius 2 is 1.74 bits per heavy atom. The van der Waals surface area contributed by atoms with Gasteiger partial charge in [-0.1, -0.05) is 54.2 Å². The van der Waals surface area contributed by atoms with Gasteiger partial charge in [-0.25, -0.2) is 4.98 Å². The van der Waals surface area contributed by atoms with Crippen LogP contribution in [0.2, 0.25) is 0 Å². The van der Waals surface area contributed by atoms with Gasteiger partial charge in [0.25, 0.3) is 11.1 Å². The van der Waals surface area contributed by atoms with Crippen LogP contribution in [0.1, 0.15) is 34.7 Å². The van der Waals surface area contributed by atoms with E-state index in [9.17, 15) is 4.79 Å². The highest BCUT2D eigenvalue weighted by Crippen LogP contribution is 2.28. The van der Waals surface area contributed by atoms with E-state index in [1.54, 1.807) is 6.07 Å². The molecule has 0 N–H and O–H groups in total. The number of thioether (sulfide) groups is 1. The maximum atomic E-state index is 12.9. The lowest BCUT2D eigenvalue weighted by Gasteiger charge is -2.31. The van der Waals surface area contributed by atoms with E-state index in [0.29, 0.717) is 22.7 Å². The number of piperidine rings is 1. The Bertz CT molecular complexity index is 1130. The summed E-state index contributed by atoms with van der Waals surface area (Å²) in [6, 6.07) is 21.9. The molecule has 2 aromatic heterocycles. The Labute approximate surface area is 185 Å². The van der Waals surface area contributed by atoms with E-state index < -0.39 is 0 Å². The van der Waals surface area contributed by atoms with Crippen molar-refractivity contribution in [3.05, 3.63) is 83.8 Å². The summed E-state index contributed by atoms with van der Waals surface area (Å²) >= 11 is 1.46. The molecular formula is C25H24N2O3S. The van der Waals surface area contributed by atoms with Gasteiger partial charge in [-0.05, 0) is 55.0 Å². The summed E-state index contributed by atoms with van der Waals surface area (Å²) in [4.78, 5) is 19.2. The van der Waals surface area contributed by atoms with Gasteiger partial charge in [-0.2, -0.15) is 0 Å². The number of carbonyl (C=O) groups excluding carboxylic acids is 1. The molecule has 1 amide bonds. The molecule has 0 unspecified atom stereocenters. The minimum absolute atomic E-state index is 0.0173. The number of carbonyl (C=O) groups is 1. The molecule has 5 nitrogen and oxygen atoms in total. The third-order valence-corrected chi connectivity index (χ3v) is 6.60. The highest BCUT2D eigenvalue weighted by atomic mass is 32.2. The largest absolute Gasteiger partial charge is 0.455 e. The summed E-state index contributed by atoms with van der Waals surface area (Å²) in [6.45, 7) is 1.56. The van der Waals surface area contributed by atoms with Crippen molar-refractivity contribution in [1.82, 2.24) is 9.88 Å². The number of rotatable bonds is 6. The van der Waals surface area contributed by atoms with Crippen LogP contribution in [-0.4, -0.2) is 28.9 Å². The zero-order valence-electron chi connectivity index (χ0n) is 17.2. The fourth-order valence-corrected chi connectivity index (χ4v) is 4.79. The van der Waals surface area contributed by atoms with Crippen LogP contribution in [0.25, 0.3) is 11.1 Å². The second-order valence-corrected chi connectivity index (χ2v) is 8.85. The molecule has 158 valence electrons. The van der Waals surface area contributed by atoms with Crippen LogP contribution in [-0.2, 0) is 12.2 Å². The second-order valence-electron chi connectivity index (χ2n) is 7.93. The number of nitrogens with zero attached hydrogens (tertiary/aromatic N) is 2. The van der Waals surface area contributed by atoms with Gasteiger partial charge in [0.1, 0.15) is 11.3 Å². The Hall–Kier alpha value is -2.99. The van der Waals surface area contributed by atoms with Crippen LogP contribution in [0.5, 0.6) is 0 Å². The summed E-state index contributed by atoms with van der Waals surface area (Å²) < 4.78 is 11.6. The van der Waals surface area contributed by atoms with Gasteiger partial charge in [0.05, 0.1) is 5.75 Å². The van der Waals surface area contributed by atoms with E-state index in [0.717, 1.165) is 49.2 Å². The number of oxazole rings is 1. The number of hydrogen-bond donors (Lipinski definition) is 0. The van der Waals surface area contributed by atoms with Gasteiger partial charge in [0.2, 0.25) is 0 Å². The molecule has 0 spiro atoms. The number of benzene rings is 2. The number of likely N-dealkylation sites (tertiary alicyclic amines) is 1. The van der Waals surface area contributed by atoms with Gasteiger partial charge in [0.15, 0.2) is 11.3 Å². The summed E-state index contributed by atoms with van der Waals surface area (Å²) in [5, 5.41) is 0.603. The summed E-state index contributed by atoms with van der Waals surface area (Å²) in [5.74, 6) is 2.34. The third kappa shape index (κ3) is 4.69. The van der Waals surface area contributed by atoms with Gasteiger partial charge >= 0.3 is 0 Å². The normalized spacial score (nSPS) is 14.9. The molecule has 0 saturated carbocycles. The topological polar surface area (TPSA) is 59.5 Å². The number of furan rings is 1. The Kier molecular flexibility index (Phi) is 5.80. The van der Waals surface area contributed by atoms with Gasteiger partial charge in [-0.15, -0.1) is 0 Å². The molecule has 0 aliphatic carbocycles. The monoisotopic (exact) mass is 432 g/mol. The first-order valence-electron chi connectivity index (χ1n) is 10.6. The highest BCUT2D eigenvalue weighted by molar-refractivity contribution is 7.98. The first kappa shape index (κ1) is 19.9. The molecule has 6 heteroatoms. The molecule has 5 rings (SSSR count). The predicted octanol–water partition coefficient (Wildman–Crippen LogP) is 5.81. The molecule has 31 heavy (non-hydrogen) atoms. The lowest BCUT2D eigenvalue weighted by atomic mass is 9.90. The van der Waals surface area contributed by atoms with E-state index in [-0.39, 0.29) is 5.91 Å². The minimum atomic E-state index is -0.0173. The smallest absolute Gasteiger partial charge is 0.289 e. The number of hydrogen-bond acceptors (Lipinski definition) is 5. The van der Waals surface area contributed by atoms with Crippen molar-refractivity contribution in [2.75, 3.05) is 13.1 Å². The summed E-state index contributed by atoms with van der Waals surface area (Å²) in [7, 11) is 0. The lowest BCUT2D eigenvalue weighted by molar-refractivity contribution is 0.0657. The number of para-hydroxylation sites is 2. The van der Waals surface area contributed by atoms with E-state index in [1.165, 1.54) is 17.3 Å². The standard InChI is InChI=1S/C25H24N2O3S/c28-24(27-14-12-19(13-15-27)16-18-6-2-1-3-7-18)23-11-10-20(29-23)17-31-25-26-21-8-4-5-9-22(21)30-25/h1-11,19H,12-17H2. The molecule has 3 heterocycles. The van der Waals surface area contributed by atoms with E-state index in [2.05, 4.69) is 29.2 Å². The van der Waals surface area contributed by atoms with Crippen LogP contribution in [0.3, 0.4) is 0 Å². The van der Waals surface area contributed by atoms with Crippen molar-refractivity contribution >= 4 is 28.8 Å². The van der Waals surface area contributed by atoms with Crippen LogP contribution >= 0.6 is 11.8 Å². The van der Waals surface area contributed by atoms with Gasteiger partial charge < -0.3 is 13.7 Å². The number of aromatic nitrogens is 1. The zero-order chi connectivity index (χ0) is 21.0. The van der Waals surface area contributed by atoms with Crippen molar-refractivity contribution in [3.63, 3.8) is 0 Å². The average molecular weight is 433 g/mol. The predicted molar refractivity (Wildman–Crippen MR) is 121 cm³/mol. The molecule has 2 aromatic carbocycles. The van der Waals surface area contributed by atoms with E-state index >= 15 is 0 Å². The highest BCUT2D eigenvalue weighted by Gasteiger charge is 2.25. The number of fused-ring (bicyclic) bond motifs is 1. The molecule has 1 aliphatic heterocycles. The molecule has 0 bridgehead atoms. The first-order chi connectivity index (χ1) is 15.2. The van der Waals surface area contributed by atoms with Crippen LogP contribution in [0, 0.1) is 5.92 Å². The molecule has 0 atom stereocenters. The van der Waals surface area contributed by atoms with Crippen molar-refractivity contribution in [2.24, 2.45) is 5.92 Å². The average Bonchev–Trinajstić information content (AvgIpc) is 3.45. The third-order valence-electron chi connectivity index (χ3n) is 5.75. The van der Waals surface area contributed by atoms with Crippen molar-refractivity contribution in [1.29, 1.82) is 0 Å². The van der Waals surface area contributed by atoms with Crippen molar-refractivity contribution in [2.45, 2.75) is 30.2 Å². The fraction of sp³-hybridized carbons (Fsp3) is 0.280. The zero-order valence-corrected chi connectivity index (χ0v) is 18.0. The molecular weight excluding hydrogens is 408 g/mol. The minimum Gasteiger partial charge on any atom is -0.455 e. The van der Waals surface area contributed by atoms with Crippen molar-refractivity contribution in [3.8, 4) is 0 Å². The second kappa shape index (κ2) is 9.02. The Morgan fingerprint density at radius 1 is 0.968 bits per heavy atom. The molecule has 0 radical (unpaired) electrons.